The average molecular weight is 447 g/mol. The fourth-order valence-electron chi connectivity index (χ4n) is 7.91. The number of fused-ring (bicyclic) bond motifs is 3. The van der Waals surface area contributed by atoms with E-state index < -0.39 is 16.2 Å². The topological polar surface area (TPSA) is 51.2 Å². The molecule has 0 heterocycles. The Hall–Kier alpha value is -2.29. The molecule has 1 aromatic rings. The molecule has 176 valence electrons. The third-order valence-corrected chi connectivity index (χ3v) is 10.8. The molecule has 0 saturated heterocycles. The summed E-state index contributed by atoms with van der Waals surface area (Å²) in [6, 6.07) is 2.21. The predicted octanol–water partition coefficient (Wildman–Crippen LogP) is 6.78. The standard InChI is InChI=1S/C30H38O3/c1-14-12-22-18(5)29(10)21(8)28(9)13-15(2)23(20(7)31)27(33)30(28,11)19(6)25(29)26(32)24(22)17(4)16(14)3/h12,18,21H,13H2,1-11H3. The van der Waals surface area contributed by atoms with Crippen molar-refractivity contribution < 1.29 is 14.4 Å². The van der Waals surface area contributed by atoms with Gasteiger partial charge in [0.05, 0.1) is 11.0 Å². The molecule has 3 aliphatic carbocycles. The van der Waals surface area contributed by atoms with Gasteiger partial charge in [-0.2, -0.15) is 0 Å². The molecule has 5 unspecified atom stereocenters. The van der Waals surface area contributed by atoms with Gasteiger partial charge in [-0.05, 0) is 94.4 Å². The highest BCUT2D eigenvalue weighted by molar-refractivity contribution is 6.24. The van der Waals surface area contributed by atoms with Crippen molar-refractivity contribution in [2.24, 2.45) is 22.2 Å². The summed E-state index contributed by atoms with van der Waals surface area (Å²) >= 11 is 0. The number of aryl methyl sites for hydroxylation is 1. The lowest BCUT2D eigenvalue weighted by Gasteiger charge is -2.64. The lowest BCUT2D eigenvalue weighted by molar-refractivity contribution is -0.139. The largest absolute Gasteiger partial charge is 0.294 e. The first-order chi connectivity index (χ1) is 15.1. The molecule has 0 amide bonds. The van der Waals surface area contributed by atoms with Crippen LogP contribution in [0.4, 0.5) is 0 Å². The van der Waals surface area contributed by atoms with Gasteiger partial charge in [0.15, 0.2) is 17.3 Å². The first-order valence-electron chi connectivity index (χ1n) is 12.2. The first kappa shape index (κ1) is 23.9. The Bertz CT molecular complexity index is 1230. The quantitative estimate of drug-likeness (QED) is 0.447. The van der Waals surface area contributed by atoms with Gasteiger partial charge in [0.1, 0.15) is 0 Å². The maximum Gasteiger partial charge on any atom is 0.190 e. The fourth-order valence-corrected chi connectivity index (χ4v) is 7.91. The number of carbonyl (C=O) groups excluding carboxylic acids is 3. The molecular weight excluding hydrogens is 408 g/mol. The van der Waals surface area contributed by atoms with E-state index >= 15 is 0 Å². The van der Waals surface area contributed by atoms with Gasteiger partial charge in [-0.3, -0.25) is 14.4 Å². The van der Waals surface area contributed by atoms with Gasteiger partial charge < -0.3 is 0 Å². The van der Waals surface area contributed by atoms with Crippen molar-refractivity contribution >= 4 is 17.3 Å². The van der Waals surface area contributed by atoms with Crippen LogP contribution in [-0.2, 0) is 9.59 Å². The highest BCUT2D eigenvalue weighted by atomic mass is 16.2. The molecule has 0 saturated carbocycles. The predicted molar refractivity (Wildman–Crippen MR) is 133 cm³/mol. The molecule has 1 aromatic carbocycles. The van der Waals surface area contributed by atoms with Crippen molar-refractivity contribution in [3.63, 3.8) is 0 Å². The van der Waals surface area contributed by atoms with Crippen LogP contribution in [0, 0.1) is 42.9 Å². The lowest BCUT2D eigenvalue weighted by atomic mass is 9.37. The van der Waals surface area contributed by atoms with Gasteiger partial charge in [0.2, 0.25) is 0 Å². The molecule has 5 atom stereocenters. The number of ketones is 3. The Labute approximate surface area is 198 Å². The minimum Gasteiger partial charge on any atom is -0.294 e. The summed E-state index contributed by atoms with van der Waals surface area (Å²) in [5, 5.41) is 0. The third-order valence-electron chi connectivity index (χ3n) is 10.8. The van der Waals surface area contributed by atoms with Crippen LogP contribution in [0.2, 0.25) is 0 Å². The smallest absolute Gasteiger partial charge is 0.190 e. The summed E-state index contributed by atoms with van der Waals surface area (Å²) in [5.41, 5.74) is 6.59. The molecule has 0 N–H and O–H groups in total. The summed E-state index contributed by atoms with van der Waals surface area (Å²) in [5.74, 6) is -0.00563. The van der Waals surface area contributed by atoms with Gasteiger partial charge in [-0.1, -0.05) is 44.9 Å². The van der Waals surface area contributed by atoms with Gasteiger partial charge >= 0.3 is 0 Å². The van der Waals surface area contributed by atoms with Crippen LogP contribution in [0.15, 0.2) is 28.4 Å². The molecule has 0 radical (unpaired) electrons. The minimum absolute atomic E-state index is 0.0649. The maximum absolute atomic E-state index is 14.3. The van der Waals surface area contributed by atoms with Crippen molar-refractivity contribution in [2.45, 2.75) is 88.5 Å². The molecule has 33 heavy (non-hydrogen) atoms. The Kier molecular flexibility index (Phi) is 4.97. The summed E-state index contributed by atoms with van der Waals surface area (Å²) in [6.07, 6.45) is 0.686. The first-order valence-corrected chi connectivity index (χ1v) is 12.2. The van der Waals surface area contributed by atoms with E-state index in [2.05, 4.69) is 47.6 Å². The second kappa shape index (κ2) is 6.87. The summed E-state index contributed by atoms with van der Waals surface area (Å²) in [7, 11) is 0. The van der Waals surface area contributed by atoms with E-state index in [0.29, 0.717) is 12.0 Å². The molecule has 0 bridgehead atoms. The molecule has 0 aliphatic heterocycles. The van der Waals surface area contributed by atoms with Crippen LogP contribution < -0.4 is 0 Å². The van der Waals surface area contributed by atoms with Gasteiger partial charge in [-0.25, -0.2) is 0 Å². The van der Waals surface area contributed by atoms with Crippen molar-refractivity contribution in [3.8, 4) is 0 Å². The Morgan fingerprint density at radius 1 is 0.970 bits per heavy atom. The Morgan fingerprint density at radius 3 is 2.09 bits per heavy atom. The number of allylic oxidation sites excluding steroid dienone is 4. The van der Waals surface area contributed by atoms with Crippen LogP contribution in [0.5, 0.6) is 0 Å². The SMILES string of the molecule is CC(=O)C1=C(C)CC2(C)C(C)C3(C)C(=C(C)C2(C)C1=O)C(=O)c1c(cc(C)c(C)c1C)C3C. The second-order valence-corrected chi connectivity index (χ2v) is 11.7. The highest BCUT2D eigenvalue weighted by Gasteiger charge is 2.67. The monoisotopic (exact) mass is 446 g/mol. The second-order valence-electron chi connectivity index (χ2n) is 11.7. The molecular formula is C30H38O3. The van der Waals surface area contributed by atoms with Crippen LogP contribution in [0.1, 0.15) is 100 Å². The van der Waals surface area contributed by atoms with E-state index in [4.69, 9.17) is 0 Å². The van der Waals surface area contributed by atoms with E-state index in [1.807, 2.05) is 27.7 Å². The number of hydrogen-bond donors (Lipinski definition) is 0. The van der Waals surface area contributed by atoms with E-state index in [1.54, 1.807) is 0 Å². The van der Waals surface area contributed by atoms with Gasteiger partial charge in [0.25, 0.3) is 0 Å². The summed E-state index contributed by atoms with van der Waals surface area (Å²) in [6.45, 7) is 22.6. The number of carbonyl (C=O) groups is 3. The van der Waals surface area contributed by atoms with Gasteiger partial charge in [-0.15, -0.1) is 0 Å². The van der Waals surface area contributed by atoms with Gasteiger partial charge in [0, 0.05) is 16.6 Å². The molecule has 0 spiro atoms. The number of Topliss-reactive ketones (excluding diaryl/α,β-unsaturated/α-hetero) is 3. The van der Waals surface area contributed by atoms with Crippen molar-refractivity contribution in [1.29, 1.82) is 0 Å². The van der Waals surface area contributed by atoms with Crippen LogP contribution in [-0.4, -0.2) is 17.3 Å². The van der Waals surface area contributed by atoms with Crippen molar-refractivity contribution in [1.82, 2.24) is 0 Å². The molecule has 3 nitrogen and oxygen atoms in total. The van der Waals surface area contributed by atoms with E-state index in [9.17, 15) is 14.4 Å². The zero-order valence-corrected chi connectivity index (χ0v) is 22.2. The summed E-state index contributed by atoms with van der Waals surface area (Å²) in [4.78, 5) is 40.9. The normalized spacial score (nSPS) is 36.0. The Balaban J connectivity index is 2.13. The fraction of sp³-hybridized carbons (Fsp3) is 0.567. The van der Waals surface area contributed by atoms with Crippen LogP contribution in [0.3, 0.4) is 0 Å². The van der Waals surface area contributed by atoms with Crippen LogP contribution in [0.25, 0.3) is 0 Å². The lowest BCUT2D eigenvalue weighted by Crippen LogP contribution is -2.62. The zero-order valence-electron chi connectivity index (χ0n) is 22.2. The van der Waals surface area contributed by atoms with Crippen molar-refractivity contribution in [3.05, 3.63) is 56.2 Å². The number of hydrogen-bond acceptors (Lipinski definition) is 3. The summed E-state index contributed by atoms with van der Waals surface area (Å²) < 4.78 is 0. The minimum atomic E-state index is -0.887. The molecule has 4 rings (SSSR count). The highest BCUT2D eigenvalue weighted by Crippen LogP contribution is 2.71. The number of benzene rings is 1. The maximum atomic E-state index is 14.3. The third kappa shape index (κ3) is 2.49. The molecule has 0 fully saturated rings. The molecule has 3 heteroatoms. The van der Waals surface area contributed by atoms with E-state index in [1.165, 1.54) is 12.5 Å². The average Bonchev–Trinajstić information content (AvgIpc) is 2.72. The van der Waals surface area contributed by atoms with Crippen molar-refractivity contribution in [2.75, 3.05) is 0 Å². The van der Waals surface area contributed by atoms with E-state index in [0.717, 1.165) is 39.0 Å². The zero-order chi connectivity index (χ0) is 25.0. The Morgan fingerprint density at radius 2 is 1.55 bits per heavy atom. The molecule has 0 aromatic heterocycles. The number of rotatable bonds is 1. The molecule has 3 aliphatic rings. The van der Waals surface area contributed by atoms with E-state index in [-0.39, 0.29) is 29.2 Å². The van der Waals surface area contributed by atoms with Crippen LogP contribution >= 0.6 is 0 Å².